The monoisotopic (exact) mass is 223 g/mol. The van der Waals surface area contributed by atoms with Crippen molar-refractivity contribution in [3.63, 3.8) is 0 Å². The minimum absolute atomic E-state index is 0.233. The molecule has 16 heavy (non-hydrogen) atoms. The molecule has 90 valence electrons. The Morgan fingerprint density at radius 3 is 2.75 bits per heavy atom. The van der Waals surface area contributed by atoms with E-state index >= 15 is 0 Å². The molecule has 0 aliphatic heterocycles. The van der Waals surface area contributed by atoms with E-state index in [0.717, 1.165) is 19.3 Å². The van der Waals surface area contributed by atoms with Crippen LogP contribution < -0.4 is 11.4 Å². The summed E-state index contributed by atoms with van der Waals surface area (Å²) in [6.45, 7) is 4.28. The second-order valence-electron chi connectivity index (χ2n) is 4.10. The Labute approximate surface area is 96.5 Å². The van der Waals surface area contributed by atoms with Crippen LogP contribution in [0.25, 0.3) is 0 Å². The number of aromatic nitrogens is 2. The number of nitrogen functional groups attached to an aromatic ring is 1. The van der Waals surface area contributed by atoms with E-state index in [0.29, 0.717) is 5.82 Å². The summed E-state index contributed by atoms with van der Waals surface area (Å²) >= 11 is 0. The molecule has 1 rings (SSSR count). The van der Waals surface area contributed by atoms with Crippen LogP contribution in [0.5, 0.6) is 0 Å². The first-order valence-corrected chi connectivity index (χ1v) is 6.03. The van der Waals surface area contributed by atoms with E-state index in [2.05, 4.69) is 18.8 Å². The first-order valence-electron chi connectivity index (χ1n) is 6.03. The number of anilines is 1. The lowest BCUT2D eigenvalue weighted by molar-refractivity contribution is 0.415. The minimum Gasteiger partial charge on any atom is -0.383 e. The molecule has 1 unspecified atom stereocenters. The summed E-state index contributed by atoms with van der Waals surface area (Å²) < 4.78 is 1.70. The van der Waals surface area contributed by atoms with E-state index < -0.39 is 0 Å². The first-order chi connectivity index (χ1) is 7.69. The molecule has 0 aliphatic rings. The topological polar surface area (TPSA) is 60.9 Å². The van der Waals surface area contributed by atoms with E-state index in [1.807, 2.05) is 0 Å². The standard InChI is InChI=1S/C12H21N3O/c1-3-5-6-7-10(4-2)15-9-8-11(13)14-12(15)16/h8-10H,3-7H2,1-2H3,(H2,13,14,16). The maximum Gasteiger partial charge on any atom is 0.349 e. The van der Waals surface area contributed by atoms with Gasteiger partial charge in [0.25, 0.3) is 0 Å². The highest BCUT2D eigenvalue weighted by molar-refractivity contribution is 5.23. The van der Waals surface area contributed by atoms with Gasteiger partial charge in [-0.25, -0.2) is 4.79 Å². The van der Waals surface area contributed by atoms with Crippen molar-refractivity contribution >= 4 is 5.82 Å². The molecule has 1 heterocycles. The van der Waals surface area contributed by atoms with Crippen molar-refractivity contribution in [2.45, 2.75) is 52.0 Å². The number of unbranched alkanes of at least 4 members (excludes halogenated alkanes) is 2. The lowest BCUT2D eigenvalue weighted by atomic mass is 10.1. The average Bonchev–Trinajstić information content (AvgIpc) is 2.26. The molecule has 1 aromatic rings. The molecule has 4 heteroatoms. The minimum atomic E-state index is -0.233. The Morgan fingerprint density at radius 1 is 1.44 bits per heavy atom. The van der Waals surface area contributed by atoms with Crippen molar-refractivity contribution in [1.29, 1.82) is 0 Å². The highest BCUT2D eigenvalue weighted by atomic mass is 16.1. The lowest BCUT2D eigenvalue weighted by Crippen LogP contribution is -2.26. The molecular weight excluding hydrogens is 202 g/mol. The summed E-state index contributed by atoms with van der Waals surface area (Å²) in [6, 6.07) is 1.94. The van der Waals surface area contributed by atoms with Crippen LogP contribution in [0.4, 0.5) is 5.82 Å². The average molecular weight is 223 g/mol. The number of hydrogen-bond donors (Lipinski definition) is 1. The first kappa shape index (κ1) is 12.7. The third-order valence-electron chi connectivity index (χ3n) is 2.86. The molecule has 0 fully saturated rings. The quantitative estimate of drug-likeness (QED) is 0.753. The number of nitrogens with two attached hydrogens (primary N) is 1. The van der Waals surface area contributed by atoms with Gasteiger partial charge in [-0.2, -0.15) is 4.98 Å². The van der Waals surface area contributed by atoms with Crippen molar-refractivity contribution in [3.05, 3.63) is 22.7 Å². The van der Waals surface area contributed by atoms with E-state index in [9.17, 15) is 4.79 Å². The maximum absolute atomic E-state index is 11.6. The molecule has 0 aromatic carbocycles. The van der Waals surface area contributed by atoms with Crippen LogP contribution >= 0.6 is 0 Å². The van der Waals surface area contributed by atoms with Crippen LogP contribution in [0.2, 0.25) is 0 Å². The smallest absolute Gasteiger partial charge is 0.349 e. The molecule has 0 saturated heterocycles. The molecule has 4 nitrogen and oxygen atoms in total. The second kappa shape index (κ2) is 6.30. The molecule has 0 bridgehead atoms. The Bertz CT molecular complexity index is 373. The van der Waals surface area contributed by atoms with Crippen molar-refractivity contribution in [2.24, 2.45) is 0 Å². The largest absolute Gasteiger partial charge is 0.383 e. The molecule has 0 spiro atoms. The third-order valence-corrected chi connectivity index (χ3v) is 2.86. The van der Waals surface area contributed by atoms with Crippen LogP contribution in [0.3, 0.4) is 0 Å². The summed E-state index contributed by atoms with van der Waals surface area (Å²) in [7, 11) is 0. The number of nitrogens with zero attached hydrogens (tertiary/aromatic N) is 2. The van der Waals surface area contributed by atoms with E-state index in [-0.39, 0.29) is 11.7 Å². The second-order valence-corrected chi connectivity index (χ2v) is 4.10. The molecular formula is C12H21N3O. The molecule has 0 aliphatic carbocycles. The van der Waals surface area contributed by atoms with Gasteiger partial charge in [-0.1, -0.05) is 33.1 Å². The van der Waals surface area contributed by atoms with Crippen molar-refractivity contribution in [1.82, 2.24) is 9.55 Å². The van der Waals surface area contributed by atoms with Gasteiger partial charge in [0.05, 0.1) is 0 Å². The van der Waals surface area contributed by atoms with Crippen LogP contribution in [0.1, 0.15) is 52.0 Å². The molecule has 1 atom stereocenters. The highest BCUT2D eigenvalue weighted by Gasteiger charge is 2.10. The zero-order valence-corrected chi connectivity index (χ0v) is 10.1. The van der Waals surface area contributed by atoms with Gasteiger partial charge in [0.2, 0.25) is 0 Å². The Hall–Kier alpha value is -1.32. The van der Waals surface area contributed by atoms with Gasteiger partial charge in [0.15, 0.2) is 0 Å². The zero-order chi connectivity index (χ0) is 12.0. The van der Waals surface area contributed by atoms with Gasteiger partial charge in [-0.15, -0.1) is 0 Å². The Morgan fingerprint density at radius 2 is 2.19 bits per heavy atom. The van der Waals surface area contributed by atoms with Crippen LogP contribution in [-0.2, 0) is 0 Å². The van der Waals surface area contributed by atoms with Gasteiger partial charge < -0.3 is 5.73 Å². The van der Waals surface area contributed by atoms with Crippen molar-refractivity contribution in [3.8, 4) is 0 Å². The Kier molecular flexibility index (Phi) is 5.02. The fraction of sp³-hybridized carbons (Fsp3) is 0.667. The van der Waals surface area contributed by atoms with E-state index in [1.165, 1.54) is 12.8 Å². The molecule has 0 radical (unpaired) electrons. The summed E-state index contributed by atoms with van der Waals surface area (Å²) in [4.78, 5) is 15.4. The molecule has 2 N–H and O–H groups in total. The predicted octanol–water partition coefficient (Wildman–Crippen LogP) is 2.36. The summed E-state index contributed by atoms with van der Waals surface area (Å²) in [5.41, 5.74) is 5.23. The van der Waals surface area contributed by atoms with E-state index in [1.54, 1.807) is 16.8 Å². The van der Waals surface area contributed by atoms with Gasteiger partial charge in [0.1, 0.15) is 5.82 Å². The summed E-state index contributed by atoms with van der Waals surface area (Å²) in [5, 5.41) is 0. The van der Waals surface area contributed by atoms with Crippen molar-refractivity contribution in [2.75, 3.05) is 5.73 Å². The number of rotatable bonds is 6. The van der Waals surface area contributed by atoms with Gasteiger partial charge in [0, 0.05) is 12.2 Å². The summed E-state index contributed by atoms with van der Waals surface area (Å²) in [5.74, 6) is 0.296. The normalized spacial score (nSPS) is 12.6. The van der Waals surface area contributed by atoms with E-state index in [4.69, 9.17) is 5.73 Å². The maximum atomic E-state index is 11.6. The molecule has 0 amide bonds. The fourth-order valence-electron chi connectivity index (χ4n) is 1.87. The SMILES string of the molecule is CCCCCC(CC)n1ccc(N)nc1=O. The van der Waals surface area contributed by atoms with Crippen LogP contribution in [-0.4, -0.2) is 9.55 Å². The van der Waals surface area contributed by atoms with Gasteiger partial charge >= 0.3 is 5.69 Å². The fourth-order valence-corrected chi connectivity index (χ4v) is 1.87. The highest BCUT2D eigenvalue weighted by Crippen LogP contribution is 2.17. The van der Waals surface area contributed by atoms with Crippen LogP contribution in [0, 0.1) is 0 Å². The molecule has 0 saturated carbocycles. The number of hydrogen-bond acceptors (Lipinski definition) is 3. The Balaban J connectivity index is 2.74. The van der Waals surface area contributed by atoms with Gasteiger partial charge in [-0.3, -0.25) is 4.57 Å². The third kappa shape index (κ3) is 3.36. The lowest BCUT2D eigenvalue weighted by Gasteiger charge is -2.17. The van der Waals surface area contributed by atoms with Crippen molar-refractivity contribution < 1.29 is 0 Å². The van der Waals surface area contributed by atoms with Crippen LogP contribution in [0.15, 0.2) is 17.1 Å². The zero-order valence-electron chi connectivity index (χ0n) is 10.1. The predicted molar refractivity (Wildman–Crippen MR) is 66.4 cm³/mol. The van der Waals surface area contributed by atoms with Gasteiger partial charge in [-0.05, 0) is 18.9 Å². The molecule has 1 aromatic heterocycles. The summed E-state index contributed by atoms with van der Waals surface area (Å²) in [6.07, 6.45) is 7.32.